The van der Waals surface area contributed by atoms with Gasteiger partial charge in [0.1, 0.15) is 17.3 Å². The summed E-state index contributed by atoms with van der Waals surface area (Å²) < 4.78 is 53.9. The first-order valence-corrected chi connectivity index (χ1v) is 10.6. The Kier molecular flexibility index (Phi) is 6.68. The predicted octanol–water partition coefficient (Wildman–Crippen LogP) is 7.23. The molecule has 0 fully saturated rings. The van der Waals surface area contributed by atoms with Crippen LogP contribution in [0.5, 0.6) is 11.5 Å². The number of ether oxygens (including phenoxy) is 2. The molecule has 0 radical (unpaired) electrons. The molecule has 172 valence electrons. The number of hydrogen-bond donors (Lipinski definition) is 0. The van der Waals surface area contributed by atoms with Crippen molar-refractivity contribution in [2.45, 2.75) is 13.3 Å². The van der Waals surface area contributed by atoms with Crippen molar-refractivity contribution in [1.29, 1.82) is 0 Å². The Morgan fingerprint density at radius 2 is 1.32 bits per heavy atom. The Morgan fingerprint density at radius 1 is 0.735 bits per heavy atom. The lowest BCUT2D eigenvalue weighted by Crippen LogP contribution is -2.12. The van der Waals surface area contributed by atoms with E-state index in [9.17, 15) is 18.0 Å². The average molecular weight is 462 g/mol. The summed E-state index contributed by atoms with van der Waals surface area (Å²) in [4.78, 5) is 12.5. The predicted molar refractivity (Wildman–Crippen MR) is 125 cm³/mol. The first-order valence-electron chi connectivity index (χ1n) is 10.6. The monoisotopic (exact) mass is 462 g/mol. The van der Waals surface area contributed by atoms with Crippen molar-refractivity contribution in [3.63, 3.8) is 0 Å². The topological polar surface area (TPSA) is 35.5 Å². The van der Waals surface area contributed by atoms with Gasteiger partial charge in [-0.3, -0.25) is 0 Å². The summed E-state index contributed by atoms with van der Waals surface area (Å²) in [5.41, 5.74) is 2.02. The lowest BCUT2D eigenvalue weighted by atomic mass is 10.0. The average Bonchev–Trinajstić information content (AvgIpc) is 2.86. The second kappa shape index (κ2) is 9.83. The molecular weight excluding hydrogens is 441 g/mol. The van der Waals surface area contributed by atoms with E-state index in [0.29, 0.717) is 22.4 Å². The van der Waals surface area contributed by atoms with Crippen LogP contribution in [0.25, 0.3) is 22.3 Å². The Balaban J connectivity index is 1.53. The molecule has 0 bridgehead atoms. The number of benzene rings is 4. The van der Waals surface area contributed by atoms with Gasteiger partial charge in [-0.25, -0.2) is 18.0 Å². The minimum atomic E-state index is -1.28. The van der Waals surface area contributed by atoms with E-state index in [0.717, 1.165) is 12.0 Å². The zero-order valence-electron chi connectivity index (χ0n) is 18.6. The van der Waals surface area contributed by atoms with Gasteiger partial charge in [0, 0.05) is 17.2 Å². The van der Waals surface area contributed by atoms with E-state index < -0.39 is 29.0 Å². The van der Waals surface area contributed by atoms with Gasteiger partial charge in [-0.2, -0.15) is 0 Å². The standard InChI is InChI=1S/C28H21F3O3/c1-3-17-4-6-19(7-5-17)23-14-15-24(27(31)26(23)30)28(32)34-20-10-8-18(9-11-20)22-13-12-21(33-2)16-25(22)29/h4-16H,3H2,1-2H3. The fraction of sp³-hybridized carbons (Fsp3) is 0.107. The maximum atomic E-state index is 14.7. The van der Waals surface area contributed by atoms with E-state index in [1.54, 1.807) is 36.4 Å². The van der Waals surface area contributed by atoms with Gasteiger partial charge in [0.15, 0.2) is 11.6 Å². The molecular formula is C28H21F3O3. The number of hydrogen-bond acceptors (Lipinski definition) is 3. The highest BCUT2D eigenvalue weighted by Crippen LogP contribution is 2.30. The van der Waals surface area contributed by atoms with Crippen molar-refractivity contribution >= 4 is 5.97 Å². The summed E-state index contributed by atoms with van der Waals surface area (Å²) in [5, 5.41) is 0. The molecule has 0 N–H and O–H groups in total. The van der Waals surface area contributed by atoms with E-state index in [2.05, 4.69) is 0 Å². The maximum Gasteiger partial charge on any atom is 0.346 e. The highest BCUT2D eigenvalue weighted by atomic mass is 19.2. The molecule has 0 heterocycles. The SMILES string of the molecule is CCc1ccc(-c2ccc(C(=O)Oc3ccc(-c4ccc(OC)cc4F)cc3)c(F)c2F)cc1. The quantitative estimate of drug-likeness (QED) is 0.224. The third-order valence-corrected chi connectivity index (χ3v) is 5.53. The summed E-state index contributed by atoms with van der Waals surface area (Å²) >= 11 is 0. The van der Waals surface area contributed by atoms with Gasteiger partial charge in [0.2, 0.25) is 0 Å². The van der Waals surface area contributed by atoms with Crippen LogP contribution >= 0.6 is 0 Å². The normalized spacial score (nSPS) is 10.7. The molecule has 0 aliphatic heterocycles. The van der Waals surface area contributed by atoms with Crippen molar-refractivity contribution in [1.82, 2.24) is 0 Å². The van der Waals surface area contributed by atoms with Crippen molar-refractivity contribution in [3.8, 4) is 33.8 Å². The molecule has 34 heavy (non-hydrogen) atoms. The largest absolute Gasteiger partial charge is 0.497 e. The van der Waals surface area contributed by atoms with Gasteiger partial charge < -0.3 is 9.47 Å². The van der Waals surface area contributed by atoms with E-state index >= 15 is 0 Å². The van der Waals surface area contributed by atoms with Crippen LogP contribution in [0.4, 0.5) is 13.2 Å². The molecule has 0 spiro atoms. The van der Waals surface area contributed by atoms with Crippen LogP contribution < -0.4 is 9.47 Å². The first kappa shape index (κ1) is 23.1. The molecule has 0 aromatic heterocycles. The molecule has 4 rings (SSSR count). The van der Waals surface area contributed by atoms with Crippen LogP contribution in [0.2, 0.25) is 0 Å². The molecule has 0 saturated heterocycles. The Hall–Kier alpha value is -4.06. The Labute approximate surface area is 195 Å². The zero-order valence-corrected chi connectivity index (χ0v) is 18.6. The van der Waals surface area contributed by atoms with E-state index in [1.165, 1.54) is 37.4 Å². The minimum absolute atomic E-state index is 0.0579. The number of methoxy groups -OCH3 is 1. The van der Waals surface area contributed by atoms with Crippen LogP contribution in [-0.4, -0.2) is 13.1 Å². The summed E-state index contributed by atoms with van der Waals surface area (Å²) in [7, 11) is 1.45. The van der Waals surface area contributed by atoms with Gasteiger partial charge >= 0.3 is 5.97 Å². The smallest absolute Gasteiger partial charge is 0.346 e. The minimum Gasteiger partial charge on any atom is -0.497 e. The molecule has 4 aromatic rings. The zero-order chi connectivity index (χ0) is 24.2. The van der Waals surface area contributed by atoms with Crippen molar-refractivity contribution in [2.75, 3.05) is 7.11 Å². The molecule has 3 nitrogen and oxygen atoms in total. The fourth-order valence-electron chi connectivity index (χ4n) is 3.57. The summed E-state index contributed by atoms with van der Waals surface area (Å²) in [6, 6.07) is 20.2. The molecule has 6 heteroatoms. The highest BCUT2D eigenvalue weighted by Gasteiger charge is 2.21. The van der Waals surface area contributed by atoms with Crippen LogP contribution in [0.15, 0.2) is 78.9 Å². The lowest BCUT2D eigenvalue weighted by Gasteiger charge is -2.10. The molecule has 0 aliphatic carbocycles. The molecule has 0 atom stereocenters. The molecule has 0 unspecified atom stereocenters. The second-order valence-corrected chi connectivity index (χ2v) is 7.60. The van der Waals surface area contributed by atoms with Gasteiger partial charge in [-0.05, 0) is 53.4 Å². The number of aryl methyl sites for hydroxylation is 1. The van der Waals surface area contributed by atoms with Crippen molar-refractivity contribution < 1.29 is 27.4 Å². The van der Waals surface area contributed by atoms with Crippen LogP contribution in [0, 0.1) is 17.5 Å². The van der Waals surface area contributed by atoms with E-state index in [-0.39, 0.29) is 11.3 Å². The molecule has 0 aliphatic rings. The maximum absolute atomic E-state index is 14.7. The van der Waals surface area contributed by atoms with Gasteiger partial charge in [0.05, 0.1) is 12.7 Å². The fourth-order valence-corrected chi connectivity index (χ4v) is 3.57. The van der Waals surface area contributed by atoms with Crippen molar-refractivity contribution in [2.24, 2.45) is 0 Å². The Morgan fingerprint density at radius 3 is 1.94 bits per heavy atom. The molecule has 0 amide bonds. The third kappa shape index (κ3) is 4.66. The van der Waals surface area contributed by atoms with Crippen LogP contribution in [0.1, 0.15) is 22.8 Å². The van der Waals surface area contributed by atoms with Crippen molar-refractivity contribution in [3.05, 3.63) is 107 Å². The summed E-state index contributed by atoms with van der Waals surface area (Å²) in [6.45, 7) is 2.00. The highest BCUT2D eigenvalue weighted by molar-refractivity contribution is 5.92. The van der Waals surface area contributed by atoms with Crippen LogP contribution in [0.3, 0.4) is 0 Å². The van der Waals surface area contributed by atoms with Gasteiger partial charge in [-0.15, -0.1) is 0 Å². The summed E-state index contributed by atoms with van der Waals surface area (Å²) in [5.74, 6) is -3.39. The molecule has 0 saturated carbocycles. The molecule has 4 aromatic carbocycles. The van der Waals surface area contributed by atoms with E-state index in [1.807, 2.05) is 19.1 Å². The van der Waals surface area contributed by atoms with Gasteiger partial charge in [-0.1, -0.05) is 49.4 Å². The number of carbonyl (C=O) groups is 1. The van der Waals surface area contributed by atoms with Crippen LogP contribution in [-0.2, 0) is 6.42 Å². The lowest BCUT2D eigenvalue weighted by molar-refractivity contribution is 0.0728. The van der Waals surface area contributed by atoms with Gasteiger partial charge in [0.25, 0.3) is 0 Å². The summed E-state index contributed by atoms with van der Waals surface area (Å²) in [6.07, 6.45) is 0.831. The number of esters is 1. The number of carbonyl (C=O) groups excluding carboxylic acids is 1. The van der Waals surface area contributed by atoms with E-state index in [4.69, 9.17) is 9.47 Å². The second-order valence-electron chi connectivity index (χ2n) is 7.60. The number of rotatable bonds is 6. The Bertz CT molecular complexity index is 1330. The first-order chi connectivity index (χ1) is 16.4. The number of halogens is 3. The third-order valence-electron chi connectivity index (χ3n) is 5.53.